The van der Waals surface area contributed by atoms with Crippen LogP contribution in [0.15, 0.2) is 48.5 Å². The van der Waals surface area contributed by atoms with Crippen LogP contribution in [0.3, 0.4) is 0 Å². The minimum atomic E-state index is 0.131. The van der Waals surface area contributed by atoms with E-state index in [2.05, 4.69) is 29.7 Å². The third-order valence-electron chi connectivity index (χ3n) is 5.50. The molecule has 0 N–H and O–H groups in total. The highest BCUT2D eigenvalue weighted by Gasteiger charge is 2.24. The lowest BCUT2D eigenvalue weighted by molar-refractivity contribution is -0.120. The first kappa shape index (κ1) is 22.1. The molecule has 2 aromatic carbocycles. The van der Waals surface area contributed by atoms with Crippen molar-refractivity contribution in [3.63, 3.8) is 0 Å². The van der Waals surface area contributed by atoms with Gasteiger partial charge in [0.1, 0.15) is 0 Å². The monoisotopic (exact) mass is 411 g/mol. The van der Waals surface area contributed by atoms with E-state index in [1.54, 1.807) is 14.2 Å². The number of anilines is 1. The Labute approximate surface area is 180 Å². The van der Waals surface area contributed by atoms with E-state index in [1.165, 1.54) is 5.56 Å². The van der Waals surface area contributed by atoms with Gasteiger partial charge in [0.05, 0.1) is 20.8 Å². The van der Waals surface area contributed by atoms with Gasteiger partial charge in [0, 0.05) is 44.5 Å². The number of rotatable bonds is 8. The first-order valence-corrected chi connectivity index (χ1v) is 10.5. The van der Waals surface area contributed by atoms with Gasteiger partial charge in [-0.2, -0.15) is 0 Å². The summed E-state index contributed by atoms with van der Waals surface area (Å²) in [6, 6.07) is 16.1. The van der Waals surface area contributed by atoms with Crippen molar-refractivity contribution in [1.29, 1.82) is 0 Å². The standard InChI is InChI=1S/C24H33N3O3/c1-19(2)27(21-8-6-5-7-9-21)24(28)18-26-14-12-25(13-15-26)17-20-10-11-22(29-3)23(16-20)30-4/h5-11,16,19H,12-15,17-18H2,1-4H3. The molecule has 0 bridgehead atoms. The molecular weight excluding hydrogens is 378 g/mol. The summed E-state index contributed by atoms with van der Waals surface area (Å²) in [6.45, 7) is 9.10. The van der Waals surface area contributed by atoms with E-state index in [0.29, 0.717) is 6.54 Å². The molecule has 1 amide bonds. The number of hydrogen-bond donors (Lipinski definition) is 0. The molecule has 1 aliphatic rings. The van der Waals surface area contributed by atoms with E-state index < -0.39 is 0 Å². The molecule has 162 valence electrons. The van der Waals surface area contributed by atoms with Crippen LogP contribution in [0.4, 0.5) is 5.69 Å². The number of amides is 1. The van der Waals surface area contributed by atoms with Crippen molar-refractivity contribution in [2.45, 2.75) is 26.4 Å². The molecule has 1 aliphatic heterocycles. The van der Waals surface area contributed by atoms with Gasteiger partial charge in [-0.3, -0.25) is 14.6 Å². The molecule has 0 unspecified atom stereocenters. The molecule has 6 nitrogen and oxygen atoms in total. The first-order chi connectivity index (χ1) is 14.5. The van der Waals surface area contributed by atoms with Crippen molar-refractivity contribution in [3.05, 3.63) is 54.1 Å². The van der Waals surface area contributed by atoms with Gasteiger partial charge < -0.3 is 14.4 Å². The first-order valence-electron chi connectivity index (χ1n) is 10.5. The van der Waals surface area contributed by atoms with E-state index in [-0.39, 0.29) is 11.9 Å². The summed E-state index contributed by atoms with van der Waals surface area (Å²) in [6.07, 6.45) is 0. The lowest BCUT2D eigenvalue weighted by Crippen LogP contribution is -2.50. The summed E-state index contributed by atoms with van der Waals surface area (Å²) in [4.78, 5) is 19.6. The molecule has 2 aromatic rings. The van der Waals surface area contributed by atoms with E-state index in [9.17, 15) is 4.79 Å². The Morgan fingerprint density at radius 3 is 2.17 bits per heavy atom. The normalized spacial score (nSPS) is 15.2. The number of carbonyl (C=O) groups excluding carboxylic acids is 1. The zero-order valence-corrected chi connectivity index (χ0v) is 18.5. The number of benzene rings is 2. The molecule has 1 saturated heterocycles. The Morgan fingerprint density at radius 1 is 0.933 bits per heavy atom. The maximum absolute atomic E-state index is 13.0. The molecule has 6 heteroatoms. The molecule has 0 aliphatic carbocycles. The van der Waals surface area contributed by atoms with Gasteiger partial charge in [-0.1, -0.05) is 24.3 Å². The van der Waals surface area contributed by atoms with Crippen molar-refractivity contribution < 1.29 is 14.3 Å². The number of para-hydroxylation sites is 1. The fraction of sp³-hybridized carbons (Fsp3) is 0.458. The predicted molar refractivity (Wildman–Crippen MR) is 120 cm³/mol. The Bertz CT molecular complexity index is 818. The van der Waals surface area contributed by atoms with Crippen LogP contribution < -0.4 is 14.4 Å². The number of nitrogens with zero attached hydrogens (tertiary/aromatic N) is 3. The van der Waals surface area contributed by atoms with Gasteiger partial charge in [0.25, 0.3) is 0 Å². The number of ether oxygens (including phenoxy) is 2. The smallest absolute Gasteiger partial charge is 0.241 e. The predicted octanol–water partition coefficient (Wildman–Crippen LogP) is 3.26. The second-order valence-corrected chi connectivity index (χ2v) is 7.93. The van der Waals surface area contributed by atoms with E-state index >= 15 is 0 Å². The highest BCUT2D eigenvalue weighted by atomic mass is 16.5. The van der Waals surface area contributed by atoms with Gasteiger partial charge >= 0.3 is 0 Å². The largest absolute Gasteiger partial charge is 0.493 e. The average Bonchev–Trinajstić information content (AvgIpc) is 2.75. The summed E-state index contributed by atoms with van der Waals surface area (Å²) in [5, 5.41) is 0. The Hall–Kier alpha value is -2.57. The van der Waals surface area contributed by atoms with E-state index in [1.807, 2.05) is 47.4 Å². The summed E-state index contributed by atoms with van der Waals surface area (Å²) >= 11 is 0. The molecule has 0 spiro atoms. The molecule has 0 saturated carbocycles. The molecule has 30 heavy (non-hydrogen) atoms. The number of methoxy groups -OCH3 is 2. The maximum Gasteiger partial charge on any atom is 0.241 e. The van der Waals surface area contributed by atoms with E-state index in [4.69, 9.17) is 9.47 Å². The van der Waals surface area contributed by atoms with Crippen LogP contribution in [0.1, 0.15) is 19.4 Å². The van der Waals surface area contributed by atoms with Crippen molar-refractivity contribution in [3.8, 4) is 11.5 Å². The molecule has 3 rings (SSSR count). The Balaban J connectivity index is 1.53. The minimum Gasteiger partial charge on any atom is -0.493 e. The highest BCUT2D eigenvalue weighted by molar-refractivity contribution is 5.95. The van der Waals surface area contributed by atoms with Gasteiger partial charge in [-0.15, -0.1) is 0 Å². The number of hydrogen-bond acceptors (Lipinski definition) is 5. The van der Waals surface area contributed by atoms with Crippen LogP contribution in [0.25, 0.3) is 0 Å². The second kappa shape index (κ2) is 10.5. The summed E-state index contributed by atoms with van der Waals surface area (Å²) in [7, 11) is 3.31. The van der Waals surface area contributed by atoms with Crippen LogP contribution >= 0.6 is 0 Å². The third kappa shape index (κ3) is 5.52. The topological polar surface area (TPSA) is 45.2 Å². The average molecular weight is 412 g/mol. The maximum atomic E-state index is 13.0. The molecular formula is C24H33N3O3. The van der Waals surface area contributed by atoms with Crippen molar-refractivity contribution >= 4 is 11.6 Å². The second-order valence-electron chi connectivity index (χ2n) is 7.93. The van der Waals surface area contributed by atoms with Gasteiger partial charge in [0.15, 0.2) is 11.5 Å². The van der Waals surface area contributed by atoms with Crippen molar-refractivity contribution in [2.24, 2.45) is 0 Å². The lowest BCUT2D eigenvalue weighted by atomic mass is 10.1. The third-order valence-corrected chi connectivity index (χ3v) is 5.50. The molecule has 1 heterocycles. The zero-order chi connectivity index (χ0) is 21.5. The number of piperazine rings is 1. The van der Waals surface area contributed by atoms with Crippen LogP contribution in [-0.4, -0.2) is 68.7 Å². The SMILES string of the molecule is COc1ccc(CN2CCN(CC(=O)N(c3ccccc3)C(C)C)CC2)cc1OC. The fourth-order valence-corrected chi connectivity index (χ4v) is 3.93. The number of carbonyl (C=O) groups is 1. The Morgan fingerprint density at radius 2 is 1.57 bits per heavy atom. The van der Waals surface area contributed by atoms with Crippen LogP contribution in [0, 0.1) is 0 Å². The van der Waals surface area contributed by atoms with Crippen LogP contribution in [0.2, 0.25) is 0 Å². The van der Waals surface area contributed by atoms with Gasteiger partial charge in [0.2, 0.25) is 5.91 Å². The highest BCUT2D eigenvalue weighted by Crippen LogP contribution is 2.28. The Kier molecular flexibility index (Phi) is 7.71. The molecule has 0 radical (unpaired) electrons. The molecule has 0 atom stereocenters. The van der Waals surface area contributed by atoms with Crippen LogP contribution in [0.5, 0.6) is 11.5 Å². The zero-order valence-electron chi connectivity index (χ0n) is 18.5. The quantitative estimate of drug-likeness (QED) is 0.667. The summed E-state index contributed by atoms with van der Waals surface area (Å²) in [5.74, 6) is 1.66. The molecule has 0 aromatic heterocycles. The van der Waals surface area contributed by atoms with Gasteiger partial charge in [-0.05, 0) is 43.7 Å². The fourth-order valence-electron chi connectivity index (χ4n) is 3.93. The lowest BCUT2D eigenvalue weighted by Gasteiger charge is -2.36. The van der Waals surface area contributed by atoms with E-state index in [0.717, 1.165) is 49.9 Å². The molecule has 1 fully saturated rings. The van der Waals surface area contributed by atoms with Crippen molar-refractivity contribution in [1.82, 2.24) is 9.80 Å². The minimum absolute atomic E-state index is 0.131. The summed E-state index contributed by atoms with van der Waals surface area (Å²) < 4.78 is 10.7. The summed E-state index contributed by atoms with van der Waals surface area (Å²) in [5.41, 5.74) is 2.16. The van der Waals surface area contributed by atoms with Gasteiger partial charge in [-0.25, -0.2) is 0 Å². The van der Waals surface area contributed by atoms with Crippen molar-refractivity contribution in [2.75, 3.05) is 51.8 Å². The van der Waals surface area contributed by atoms with Crippen LogP contribution in [-0.2, 0) is 11.3 Å².